The first-order valence-corrected chi connectivity index (χ1v) is 13.4. The van der Waals surface area contributed by atoms with Gasteiger partial charge in [-0.2, -0.15) is 0 Å². The van der Waals surface area contributed by atoms with Crippen LogP contribution in [0.3, 0.4) is 0 Å². The molecule has 2 aliphatic heterocycles. The van der Waals surface area contributed by atoms with Gasteiger partial charge in [0.15, 0.2) is 11.5 Å². The van der Waals surface area contributed by atoms with Gasteiger partial charge in [-0.15, -0.1) is 0 Å². The normalized spacial score (nSPS) is 17.2. The Bertz CT molecular complexity index is 1160. The maximum atomic E-state index is 13.0. The van der Waals surface area contributed by atoms with Gasteiger partial charge in [-0.1, -0.05) is 38.1 Å². The summed E-state index contributed by atoms with van der Waals surface area (Å²) in [6.07, 6.45) is 1.66. The molecule has 9 heteroatoms. The maximum Gasteiger partial charge on any atom is 0.294 e. The van der Waals surface area contributed by atoms with E-state index >= 15 is 0 Å². The standard InChI is InChI=1S/C28H33N3O5S/c1-4-35-24-16-21(10-11-23(24)36-19-20(2)3)17-25-27(33)31(28(34)37-25)18-26(32)30-14-12-29(13-15-30)22-8-6-5-7-9-22/h5-11,16-17,20H,4,12-15,18-19H2,1-3H3/b25-17-. The van der Waals surface area contributed by atoms with Gasteiger partial charge in [0, 0.05) is 31.9 Å². The van der Waals surface area contributed by atoms with Crippen LogP contribution in [0.2, 0.25) is 0 Å². The van der Waals surface area contributed by atoms with Crippen molar-refractivity contribution in [1.29, 1.82) is 0 Å². The third kappa shape index (κ3) is 6.65. The van der Waals surface area contributed by atoms with Crippen molar-refractivity contribution in [1.82, 2.24) is 9.80 Å². The molecular formula is C28H33N3O5S. The number of carbonyl (C=O) groups excluding carboxylic acids is 3. The van der Waals surface area contributed by atoms with Gasteiger partial charge < -0.3 is 19.3 Å². The maximum absolute atomic E-state index is 13.0. The van der Waals surface area contributed by atoms with E-state index in [0.717, 1.165) is 22.3 Å². The van der Waals surface area contributed by atoms with Crippen LogP contribution >= 0.6 is 11.8 Å². The minimum absolute atomic E-state index is 0.221. The quantitative estimate of drug-likeness (QED) is 0.448. The highest BCUT2D eigenvalue weighted by Crippen LogP contribution is 2.35. The molecule has 0 unspecified atom stereocenters. The summed E-state index contributed by atoms with van der Waals surface area (Å²) in [4.78, 5) is 43.8. The number of imide groups is 1. The number of carbonyl (C=O) groups is 3. The van der Waals surface area contributed by atoms with Crippen LogP contribution in [0, 0.1) is 5.92 Å². The van der Waals surface area contributed by atoms with Gasteiger partial charge >= 0.3 is 0 Å². The van der Waals surface area contributed by atoms with Gasteiger partial charge in [0.1, 0.15) is 6.54 Å². The van der Waals surface area contributed by atoms with Crippen molar-refractivity contribution in [3.8, 4) is 11.5 Å². The van der Waals surface area contributed by atoms with Crippen molar-refractivity contribution in [2.75, 3.05) is 50.8 Å². The second-order valence-electron chi connectivity index (χ2n) is 9.32. The zero-order valence-corrected chi connectivity index (χ0v) is 22.3. The smallest absolute Gasteiger partial charge is 0.294 e. The molecule has 0 atom stereocenters. The molecule has 8 nitrogen and oxygen atoms in total. The fourth-order valence-electron chi connectivity index (χ4n) is 4.13. The summed E-state index contributed by atoms with van der Waals surface area (Å²) < 4.78 is 11.6. The lowest BCUT2D eigenvalue weighted by Gasteiger charge is -2.36. The Kier molecular flexibility index (Phi) is 8.76. The molecule has 4 rings (SSSR count). The Morgan fingerprint density at radius 1 is 1.00 bits per heavy atom. The summed E-state index contributed by atoms with van der Waals surface area (Å²) in [6.45, 7) is 9.32. The highest BCUT2D eigenvalue weighted by atomic mass is 32.2. The minimum Gasteiger partial charge on any atom is -0.490 e. The van der Waals surface area contributed by atoms with Crippen LogP contribution in [0.25, 0.3) is 6.08 Å². The number of hydrogen-bond donors (Lipinski definition) is 0. The first-order chi connectivity index (χ1) is 17.9. The lowest BCUT2D eigenvalue weighted by Crippen LogP contribution is -2.51. The molecule has 0 N–H and O–H groups in total. The van der Waals surface area contributed by atoms with Crippen molar-refractivity contribution in [3.05, 3.63) is 59.0 Å². The van der Waals surface area contributed by atoms with Gasteiger partial charge in [-0.05, 0) is 60.5 Å². The zero-order chi connectivity index (χ0) is 26.4. The van der Waals surface area contributed by atoms with Gasteiger partial charge in [0.2, 0.25) is 5.91 Å². The molecule has 0 bridgehead atoms. The Hall–Kier alpha value is -3.46. The van der Waals surface area contributed by atoms with Crippen LogP contribution in [0.4, 0.5) is 10.5 Å². The van der Waals surface area contributed by atoms with Gasteiger partial charge in [-0.3, -0.25) is 19.3 Å². The van der Waals surface area contributed by atoms with Crippen LogP contribution in [-0.4, -0.2) is 72.8 Å². The van der Waals surface area contributed by atoms with Crippen LogP contribution in [-0.2, 0) is 9.59 Å². The van der Waals surface area contributed by atoms with E-state index in [4.69, 9.17) is 9.47 Å². The SMILES string of the molecule is CCOc1cc(/C=C2\SC(=O)N(CC(=O)N3CCN(c4ccccc4)CC3)C2=O)ccc1OCC(C)C. The van der Waals surface area contributed by atoms with Gasteiger partial charge in [0.05, 0.1) is 18.1 Å². The molecule has 0 saturated carbocycles. The highest BCUT2D eigenvalue weighted by molar-refractivity contribution is 8.18. The number of amides is 3. The van der Waals surface area contributed by atoms with Crippen molar-refractivity contribution >= 4 is 40.6 Å². The monoisotopic (exact) mass is 523 g/mol. The summed E-state index contributed by atoms with van der Waals surface area (Å²) in [5, 5.41) is -0.436. The number of nitrogens with zero attached hydrogens (tertiary/aromatic N) is 3. The van der Waals surface area contributed by atoms with Crippen molar-refractivity contribution in [2.45, 2.75) is 20.8 Å². The highest BCUT2D eigenvalue weighted by Gasteiger charge is 2.37. The molecular weight excluding hydrogens is 490 g/mol. The minimum atomic E-state index is -0.454. The molecule has 2 aliphatic rings. The average Bonchev–Trinajstić information content (AvgIpc) is 3.16. The predicted octanol–water partition coefficient (Wildman–Crippen LogP) is 4.51. The number of anilines is 1. The average molecular weight is 524 g/mol. The Morgan fingerprint density at radius 2 is 1.73 bits per heavy atom. The molecule has 2 heterocycles. The van der Waals surface area contributed by atoms with E-state index in [9.17, 15) is 14.4 Å². The number of para-hydroxylation sites is 1. The van der Waals surface area contributed by atoms with Gasteiger partial charge in [-0.25, -0.2) is 0 Å². The Morgan fingerprint density at radius 3 is 2.41 bits per heavy atom. The molecule has 37 heavy (non-hydrogen) atoms. The van der Waals surface area contributed by atoms with Crippen LogP contribution < -0.4 is 14.4 Å². The third-order valence-corrected chi connectivity index (χ3v) is 6.97. The summed E-state index contributed by atoms with van der Waals surface area (Å²) >= 11 is 0.848. The molecule has 0 aromatic heterocycles. The van der Waals surface area contributed by atoms with Crippen molar-refractivity contribution < 1.29 is 23.9 Å². The predicted molar refractivity (Wildman–Crippen MR) is 146 cm³/mol. The molecule has 0 spiro atoms. The summed E-state index contributed by atoms with van der Waals surface area (Å²) in [6, 6.07) is 15.5. The third-order valence-electron chi connectivity index (χ3n) is 6.06. The van der Waals surface area contributed by atoms with E-state index in [1.54, 1.807) is 17.0 Å². The molecule has 196 valence electrons. The summed E-state index contributed by atoms with van der Waals surface area (Å²) in [7, 11) is 0. The molecule has 2 saturated heterocycles. The zero-order valence-electron chi connectivity index (χ0n) is 21.5. The summed E-state index contributed by atoms with van der Waals surface area (Å²) in [5.41, 5.74) is 1.84. The van der Waals surface area contributed by atoms with Gasteiger partial charge in [0.25, 0.3) is 11.1 Å². The molecule has 2 aromatic carbocycles. The van der Waals surface area contributed by atoms with E-state index in [1.807, 2.05) is 49.4 Å². The molecule has 0 radical (unpaired) electrons. The van der Waals surface area contributed by atoms with Crippen molar-refractivity contribution in [2.24, 2.45) is 5.92 Å². The van der Waals surface area contributed by atoms with E-state index in [0.29, 0.717) is 62.4 Å². The first kappa shape index (κ1) is 26.6. The summed E-state index contributed by atoms with van der Waals surface area (Å²) in [5.74, 6) is 0.918. The largest absolute Gasteiger partial charge is 0.490 e. The Balaban J connectivity index is 1.38. The number of piperazine rings is 1. The lowest BCUT2D eigenvalue weighted by molar-refractivity contribution is -0.136. The number of hydrogen-bond acceptors (Lipinski definition) is 7. The number of ether oxygens (including phenoxy) is 2. The van der Waals surface area contributed by atoms with E-state index in [-0.39, 0.29) is 17.4 Å². The molecule has 2 fully saturated rings. The topological polar surface area (TPSA) is 79.4 Å². The van der Waals surface area contributed by atoms with Crippen LogP contribution in [0.1, 0.15) is 26.3 Å². The van der Waals surface area contributed by atoms with Crippen molar-refractivity contribution in [3.63, 3.8) is 0 Å². The first-order valence-electron chi connectivity index (χ1n) is 12.6. The number of benzene rings is 2. The fourth-order valence-corrected chi connectivity index (χ4v) is 4.97. The molecule has 3 amide bonds. The number of rotatable bonds is 9. The fraction of sp³-hybridized carbons (Fsp3) is 0.393. The second kappa shape index (κ2) is 12.2. The van der Waals surface area contributed by atoms with E-state index in [1.165, 1.54) is 0 Å². The van der Waals surface area contributed by atoms with E-state index in [2.05, 4.69) is 18.7 Å². The number of thioether (sulfide) groups is 1. The van der Waals surface area contributed by atoms with Crippen LogP contribution in [0.15, 0.2) is 53.4 Å². The molecule has 2 aromatic rings. The lowest BCUT2D eigenvalue weighted by atomic mass is 10.1. The second-order valence-corrected chi connectivity index (χ2v) is 10.3. The van der Waals surface area contributed by atoms with Crippen LogP contribution in [0.5, 0.6) is 11.5 Å². The molecule has 0 aliphatic carbocycles. The Labute approximate surface area is 222 Å². The van der Waals surface area contributed by atoms with E-state index < -0.39 is 11.1 Å².